The highest BCUT2D eigenvalue weighted by Crippen LogP contribution is 2.21. The molecule has 0 aliphatic carbocycles. The van der Waals surface area contributed by atoms with Crippen LogP contribution in [0.1, 0.15) is 45.4 Å². The van der Waals surface area contributed by atoms with Crippen LogP contribution in [0.5, 0.6) is 0 Å². The third-order valence-electron chi connectivity index (χ3n) is 3.72. The summed E-state index contributed by atoms with van der Waals surface area (Å²) in [7, 11) is 0. The Balaban J connectivity index is 2.04. The molecule has 0 bridgehead atoms. The van der Waals surface area contributed by atoms with Crippen molar-refractivity contribution < 1.29 is 9.59 Å². The molecule has 0 spiro atoms. The largest absolute Gasteiger partial charge is 0.313 e. The molecule has 0 radical (unpaired) electrons. The van der Waals surface area contributed by atoms with Crippen LogP contribution in [0.2, 0.25) is 0 Å². The zero-order chi connectivity index (χ0) is 17.0. The van der Waals surface area contributed by atoms with E-state index in [1.54, 1.807) is 4.90 Å². The van der Waals surface area contributed by atoms with E-state index in [2.05, 4.69) is 6.07 Å². The number of benzene rings is 1. The molecule has 2 rings (SSSR count). The lowest BCUT2D eigenvalue weighted by atomic mass is 10.1. The van der Waals surface area contributed by atoms with Crippen LogP contribution in [0.3, 0.4) is 0 Å². The minimum absolute atomic E-state index is 0.000807. The van der Waals surface area contributed by atoms with Crippen molar-refractivity contribution >= 4 is 28.7 Å². The number of aryl methyl sites for hydroxylation is 3. The van der Waals surface area contributed by atoms with Gasteiger partial charge in [-0.2, -0.15) is 0 Å². The predicted octanol–water partition coefficient (Wildman–Crippen LogP) is 4.69. The monoisotopic (exact) mass is 329 g/mol. The van der Waals surface area contributed by atoms with Crippen molar-refractivity contribution in [3.8, 4) is 0 Å². The summed E-state index contributed by atoms with van der Waals surface area (Å²) in [5.41, 5.74) is 3.18. The summed E-state index contributed by atoms with van der Waals surface area (Å²) in [6.45, 7) is 8.59. The summed E-state index contributed by atoms with van der Waals surface area (Å²) in [5.74, 6) is 0.0482. The number of carbonyl (C=O) groups excluding carboxylic acids is 2. The number of hydrogen-bond acceptors (Lipinski definition) is 3. The van der Waals surface area contributed by atoms with Crippen LogP contribution in [0.25, 0.3) is 0 Å². The minimum Gasteiger partial charge on any atom is -0.313 e. The zero-order valence-electron chi connectivity index (χ0n) is 14.2. The van der Waals surface area contributed by atoms with Gasteiger partial charge in [-0.15, -0.1) is 11.3 Å². The Morgan fingerprint density at radius 3 is 2.17 bits per heavy atom. The lowest BCUT2D eigenvalue weighted by molar-refractivity contribution is -0.118. The molecule has 2 aromatic rings. The fourth-order valence-electron chi connectivity index (χ4n) is 2.67. The highest BCUT2D eigenvalue weighted by atomic mass is 32.1. The number of anilines is 1. The SMILES string of the molecule is CCN(C(=O)CCC(=O)c1ccc(C)s1)c1cc(C)cc(C)c1. The van der Waals surface area contributed by atoms with Gasteiger partial charge in [0.25, 0.3) is 0 Å². The first kappa shape index (κ1) is 17.4. The molecule has 0 unspecified atom stereocenters. The van der Waals surface area contributed by atoms with E-state index in [-0.39, 0.29) is 24.5 Å². The summed E-state index contributed by atoms with van der Waals surface area (Å²) < 4.78 is 0. The average Bonchev–Trinajstić information content (AvgIpc) is 2.91. The van der Waals surface area contributed by atoms with Gasteiger partial charge >= 0.3 is 0 Å². The standard InChI is InChI=1S/C19H23NO2S/c1-5-20(16-11-13(2)10-14(3)12-16)19(22)9-7-17(21)18-8-6-15(4)23-18/h6,8,10-12H,5,7,9H2,1-4H3. The first-order chi connectivity index (χ1) is 10.9. The second kappa shape index (κ2) is 7.55. The number of Topliss-reactive ketones (excluding diaryl/α,β-unsaturated/α-hetero) is 1. The molecule has 0 aliphatic rings. The van der Waals surface area contributed by atoms with Gasteiger partial charge in [-0.05, 0) is 63.1 Å². The van der Waals surface area contributed by atoms with Crippen LogP contribution < -0.4 is 4.90 Å². The van der Waals surface area contributed by atoms with Gasteiger partial charge in [0.2, 0.25) is 5.91 Å². The maximum atomic E-state index is 12.5. The zero-order valence-corrected chi connectivity index (χ0v) is 15.0. The second-order valence-corrected chi connectivity index (χ2v) is 7.11. The van der Waals surface area contributed by atoms with Crippen molar-refractivity contribution in [3.05, 3.63) is 51.2 Å². The van der Waals surface area contributed by atoms with Crippen LogP contribution in [-0.2, 0) is 4.79 Å². The van der Waals surface area contributed by atoms with Crippen molar-refractivity contribution in [1.29, 1.82) is 0 Å². The number of amides is 1. The number of rotatable bonds is 6. The van der Waals surface area contributed by atoms with E-state index in [1.165, 1.54) is 11.3 Å². The summed E-state index contributed by atoms with van der Waals surface area (Å²) in [4.78, 5) is 28.3. The second-order valence-electron chi connectivity index (χ2n) is 5.82. The Kier molecular flexibility index (Phi) is 5.72. The molecule has 1 heterocycles. The smallest absolute Gasteiger partial charge is 0.227 e. The van der Waals surface area contributed by atoms with E-state index in [4.69, 9.17) is 0 Å². The molecule has 122 valence electrons. The lowest BCUT2D eigenvalue weighted by Gasteiger charge is -2.22. The molecular weight excluding hydrogens is 306 g/mol. The van der Waals surface area contributed by atoms with Gasteiger partial charge in [0, 0.05) is 30.0 Å². The van der Waals surface area contributed by atoms with Gasteiger partial charge in [0.1, 0.15) is 0 Å². The van der Waals surface area contributed by atoms with Crippen LogP contribution in [0.4, 0.5) is 5.69 Å². The molecule has 1 amide bonds. The average molecular weight is 329 g/mol. The van der Waals surface area contributed by atoms with Crippen molar-refractivity contribution in [2.75, 3.05) is 11.4 Å². The van der Waals surface area contributed by atoms with Crippen LogP contribution in [0.15, 0.2) is 30.3 Å². The van der Waals surface area contributed by atoms with Gasteiger partial charge in [-0.1, -0.05) is 6.07 Å². The molecule has 0 atom stereocenters. The summed E-state index contributed by atoms with van der Waals surface area (Å²) in [6.07, 6.45) is 0.511. The molecule has 23 heavy (non-hydrogen) atoms. The maximum Gasteiger partial charge on any atom is 0.227 e. The number of thiophene rings is 1. The number of nitrogens with zero attached hydrogens (tertiary/aromatic N) is 1. The van der Waals surface area contributed by atoms with Crippen molar-refractivity contribution in [2.45, 2.75) is 40.5 Å². The van der Waals surface area contributed by atoms with Gasteiger partial charge in [-0.25, -0.2) is 0 Å². The third kappa shape index (κ3) is 4.52. The summed E-state index contributed by atoms with van der Waals surface area (Å²) in [5, 5.41) is 0. The highest BCUT2D eigenvalue weighted by Gasteiger charge is 2.17. The Labute approximate surface area is 141 Å². The third-order valence-corrected chi connectivity index (χ3v) is 4.76. The number of carbonyl (C=O) groups is 2. The summed E-state index contributed by atoms with van der Waals surface area (Å²) >= 11 is 1.49. The molecule has 0 saturated heterocycles. The van der Waals surface area contributed by atoms with E-state index in [9.17, 15) is 9.59 Å². The van der Waals surface area contributed by atoms with Crippen molar-refractivity contribution in [1.82, 2.24) is 0 Å². The van der Waals surface area contributed by atoms with Gasteiger partial charge in [0.15, 0.2) is 5.78 Å². The minimum atomic E-state index is -0.000807. The molecule has 1 aromatic heterocycles. The van der Waals surface area contributed by atoms with E-state index in [0.717, 1.165) is 26.6 Å². The summed E-state index contributed by atoms with van der Waals surface area (Å²) in [6, 6.07) is 9.89. The molecule has 4 heteroatoms. The van der Waals surface area contributed by atoms with E-state index in [0.29, 0.717) is 6.54 Å². The van der Waals surface area contributed by atoms with Gasteiger partial charge in [-0.3, -0.25) is 9.59 Å². The van der Waals surface area contributed by atoms with Gasteiger partial charge in [0.05, 0.1) is 4.88 Å². The van der Waals surface area contributed by atoms with E-state index >= 15 is 0 Å². The molecular formula is C19H23NO2S. The molecule has 0 fully saturated rings. The normalized spacial score (nSPS) is 10.6. The van der Waals surface area contributed by atoms with Crippen LogP contribution in [-0.4, -0.2) is 18.2 Å². The Morgan fingerprint density at radius 2 is 1.65 bits per heavy atom. The van der Waals surface area contributed by atoms with Crippen LogP contribution in [0, 0.1) is 20.8 Å². The van der Waals surface area contributed by atoms with Crippen LogP contribution >= 0.6 is 11.3 Å². The maximum absolute atomic E-state index is 12.5. The Morgan fingerprint density at radius 1 is 1.00 bits per heavy atom. The van der Waals surface area contributed by atoms with E-state index in [1.807, 2.05) is 52.0 Å². The first-order valence-electron chi connectivity index (χ1n) is 7.89. The molecule has 1 aromatic carbocycles. The van der Waals surface area contributed by atoms with Crippen molar-refractivity contribution in [2.24, 2.45) is 0 Å². The highest BCUT2D eigenvalue weighted by molar-refractivity contribution is 7.14. The molecule has 0 saturated carbocycles. The topological polar surface area (TPSA) is 37.4 Å². The van der Waals surface area contributed by atoms with Gasteiger partial charge < -0.3 is 4.90 Å². The predicted molar refractivity (Wildman–Crippen MR) is 96.6 cm³/mol. The Hall–Kier alpha value is -1.94. The molecule has 3 nitrogen and oxygen atoms in total. The Bertz CT molecular complexity index is 698. The molecule has 0 aliphatic heterocycles. The quantitative estimate of drug-likeness (QED) is 0.721. The number of ketones is 1. The first-order valence-corrected chi connectivity index (χ1v) is 8.70. The number of hydrogen-bond donors (Lipinski definition) is 0. The fraction of sp³-hybridized carbons (Fsp3) is 0.368. The molecule has 0 N–H and O–H groups in total. The van der Waals surface area contributed by atoms with Crippen molar-refractivity contribution in [3.63, 3.8) is 0 Å². The fourth-order valence-corrected chi connectivity index (χ4v) is 3.51. The van der Waals surface area contributed by atoms with E-state index < -0.39 is 0 Å². The lowest BCUT2D eigenvalue weighted by Crippen LogP contribution is -2.31.